The van der Waals surface area contributed by atoms with Gasteiger partial charge < -0.3 is 20.3 Å². The van der Waals surface area contributed by atoms with E-state index in [1.54, 1.807) is 7.11 Å². The molecule has 6 heteroatoms. The maximum Gasteiger partial charge on any atom is 0.225 e. The van der Waals surface area contributed by atoms with Gasteiger partial charge in [0, 0.05) is 31.6 Å². The van der Waals surface area contributed by atoms with E-state index in [2.05, 4.69) is 27.7 Å². The lowest BCUT2D eigenvalue weighted by Crippen LogP contribution is -2.40. The van der Waals surface area contributed by atoms with Crippen molar-refractivity contribution >= 4 is 23.2 Å². The Labute approximate surface area is 148 Å². The first-order valence-electron chi connectivity index (χ1n) is 8.59. The monoisotopic (exact) mass is 347 g/mol. The number of hydrogen-bond acceptors (Lipinski definition) is 3. The smallest absolute Gasteiger partial charge is 0.225 e. The number of methoxy groups -OCH3 is 1. The van der Waals surface area contributed by atoms with E-state index < -0.39 is 0 Å². The zero-order valence-corrected chi connectivity index (χ0v) is 15.1. The number of likely N-dealkylation sites (tertiary alicyclic amines) is 1. The van der Waals surface area contributed by atoms with Gasteiger partial charge >= 0.3 is 0 Å². The predicted octanol–water partition coefficient (Wildman–Crippen LogP) is 1.88. The molecule has 2 atom stereocenters. The molecule has 1 aromatic carbocycles. The lowest BCUT2D eigenvalue weighted by Gasteiger charge is -2.19. The number of nitrogens with one attached hydrogen (secondary N) is 2. The Balaban J connectivity index is 1.78. The second kappa shape index (κ2) is 7.38. The van der Waals surface area contributed by atoms with E-state index in [1.165, 1.54) is 0 Å². The van der Waals surface area contributed by atoms with Gasteiger partial charge in [-0.15, -0.1) is 0 Å². The predicted molar refractivity (Wildman–Crippen MR) is 98.2 cm³/mol. The van der Waals surface area contributed by atoms with Crippen LogP contribution < -0.4 is 15.4 Å². The molecule has 5 nitrogen and oxygen atoms in total. The summed E-state index contributed by atoms with van der Waals surface area (Å²) < 4.78 is 5.24. The third-order valence-corrected chi connectivity index (χ3v) is 5.14. The molecule has 1 aromatic rings. The summed E-state index contributed by atoms with van der Waals surface area (Å²) in [6.45, 7) is 4.25. The molecule has 0 spiro atoms. The van der Waals surface area contributed by atoms with Crippen molar-refractivity contribution in [2.45, 2.75) is 31.7 Å². The Kier molecular flexibility index (Phi) is 5.23. The van der Waals surface area contributed by atoms with Crippen molar-refractivity contribution in [2.24, 2.45) is 5.92 Å². The molecule has 1 heterocycles. The number of rotatable bonds is 5. The highest BCUT2D eigenvalue weighted by atomic mass is 32.1. The summed E-state index contributed by atoms with van der Waals surface area (Å²) in [5.41, 5.74) is 1.16. The zero-order valence-electron chi connectivity index (χ0n) is 14.2. The minimum absolute atomic E-state index is 0.0735. The topological polar surface area (TPSA) is 53.6 Å². The normalized spacial score (nSPS) is 23.0. The molecule has 2 unspecified atom stereocenters. The fourth-order valence-electron chi connectivity index (χ4n) is 3.22. The maximum absolute atomic E-state index is 12.7. The van der Waals surface area contributed by atoms with E-state index in [0.717, 1.165) is 42.4 Å². The van der Waals surface area contributed by atoms with Gasteiger partial charge in [-0.3, -0.25) is 4.79 Å². The van der Waals surface area contributed by atoms with Crippen molar-refractivity contribution in [3.8, 4) is 5.75 Å². The lowest BCUT2D eigenvalue weighted by atomic mass is 9.88. The van der Waals surface area contributed by atoms with Crippen molar-refractivity contribution in [3.05, 3.63) is 29.8 Å². The van der Waals surface area contributed by atoms with Crippen LogP contribution in [0.3, 0.4) is 0 Å². The average molecular weight is 347 g/mol. The fourth-order valence-corrected chi connectivity index (χ4v) is 3.52. The van der Waals surface area contributed by atoms with Crippen molar-refractivity contribution < 1.29 is 9.53 Å². The molecular weight excluding hydrogens is 322 g/mol. The summed E-state index contributed by atoms with van der Waals surface area (Å²) in [4.78, 5) is 14.8. The van der Waals surface area contributed by atoms with Gasteiger partial charge in [-0.2, -0.15) is 0 Å². The molecule has 1 amide bonds. The van der Waals surface area contributed by atoms with Crippen LogP contribution in [0.1, 0.15) is 31.2 Å². The summed E-state index contributed by atoms with van der Waals surface area (Å²) in [6.07, 6.45) is 2.20. The van der Waals surface area contributed by atoms with Crippen LogP contribution in [0.25, 0.3) is 0 Å². The molecule has 1 saturated carbocycles. The lowest BCUT2D eigenvalue weighted by molar-refractivity contribution is -0.125. The van der Waals surface area contributed by atoms with Crippen molar-refractivity contribution in [1.29, 1.82) is 0 Å². The van der Waals surface area contributed by atoms with E-state index in [4.69, 9.17) is 17.0 Å². The fraction of sp³-hybridized carbons (Fsp3) is 0.556. The zero-order chi connectivity index (χ0) is 17.1. The van der Waals surface area contributed by atoms with Gasteiger partial charge in [0.1, 0.15) is 5.75 Å². The van der Waals surface area contributed by atoms with E-state index in [0.29, 0.717) is 12.6 Å². The van der Waals surface area contributed by atoms with Gasteiger partial charge in [0.2, 0.25) is 5.91 Å². The van der Waals surface area contributed by atoms with Crippen molar-refractivity contribution in [1.82, 2.24) is 15.5 Å². The molecule has 0 aromatic heterocycles. The molecule has 2 aliphatic rings. The SMILES string of the molecule is CCNC(=S)N1CC(C(=O)NC2CC2)C(c2ccc(OC)cc2)C1. The number of ether oxygens (including phenoxy) is 1. The molecule has 2 N–H and O–H groups in total. The molecule has 1 aliphatic heterocycles. The molecule has 1 saturated heterocycles. The van der Waals surface area contributed by atoms with Gasteiger partial charge in [-0.05, 0) is 49.7 Å². The Bertz CT molecular complexity index is 601. The van der Waals surface area contributed by atoms with Crippen LogP contribution in [0.15, 0.2) is 24.3 Å². The molecule has 24 heavy (non-hydrogen) atoms. The third kappa shape index (κ3) is 3.80. The Morgan fingerprint density at radius 1 is 1.29 bits per heavy atom. The first-order chi connectivity index (χ1) is 11.6. The summed E-state index contributed by atoms with van der Waals surface area (Å²) in [5, 5.41) is 7.09. The molecule has 130 valence electrons. The van der Waals surface area contributed by atoms with Crippen LogP contribution in [-0.4, -0.2) is 48.7 Å². The van der Waals surface area contributed by atoms with Crippen LogP contribution in [0.4, 0.5) is 0 Å². The molecular formula is C18H25N3O2S. The van der Waals surface area contributed by atoms with Crippen LogP contribution >= 0.6 is 12.2 Å². The second-order valence-corrected chi connectivity index (χ2v) is 6.90. The van der Waals surface area contributed by atoms with E-state index in [1.807, 2.05) is 19.1 Å². The van der Waals surface area contributed by atoms with E-state index >= 15 is 0 Å². The summed E-state index contributed by atoms with van der Waals surface area (Å²) in [5.74, 6) is 1.05. The number of nitrogens with zero attached hydrogens (tertiary/aromatic N) is 1. The quantitative estimate of drug-likeness (QED) is 0.797. The molecule has 3 rings (SSSR count). The average Bonchev–Trinajstić information content (AvgIpc) is 3.29. The second-order valence-electron chi connectivity index (χ2n) is 6.51. The Morgan fingerprint density at radius 3 is 2.58 bits per heavy atom. The van der Waals surface area contributed by atoms with E-state index in [-0.39, 0.29) is 17.7 Å². The standard InChI is InChI=1S/C18H25N3O2S/c1-3-19-18(24)21-10-15(12-4-8-14(23-2)9-5-12)16(11-21)17(22)20-13-6-7-13/h4-5,8-9,13,15-16H,3,6-7,10-11H2,1-2H3,(H,19,24)(H,20,22). The van der Waals surface area contributed by atoms with Crippen molar-refractivity contribution in [2.75, 3.05) is 26.7 Å². The first-order valence-corrected chi connectivity index (χ1v) is 9.00. The Hall–Kier alpha value is -1.82. The van der Waals surface area contributed by atoms with Gasteiger partial charge in [0.15, 0.2) is 5.11 Å². The first kappa shape index (κ1) is 17.0. The van der Waals surface area contributed by atoms with Gasteiger partial charge in [-0.25, -0.2) is 0 Å². The number of hydrogen-bond donors (Lipinski definition) is 2. The number of benzene rings is 1. The number of carbonyl (C=O) groups excluding carboxylic acids is 1. The number of amides is 1. The van der Waals surface area contributed by atoms with Gasteiger partial charge in [0.25, 0.3) is 0 Å². The highest BCUT2D eigenvalue weighted by Gasteiger charge is 2.40. The highest BCUT2D eigenvalue weighted by molar-refractivity contribution is 7.80. The largest absolute Gasteiger partial charge is 0.497 e. The summed E-state index contributed by atoms with van der Waals surface area (Å²) in [6, 6.07) is 8.40. The summed E-state index contributed by atoms with van der Waals surface area (Å²) in [7, 11) is 1.66. The number of carbonyl (C=O) groups is 1. The molecule has 2 fully saturated rings. The van der Waals surface area contributed by atoms with Gasteiger partial charge in [0.05, 0.1) is 13.0 Å². The van der Waals surface area contributed by atoms with Crippen LogP contribution in [0.5, 0.6) is 5.75 Å². The highest BCUT2D eigenvalue weighted by Crippen LogP contribution is 2.34. The molecule has 0 bridgehead atoms. The third-order valence-electron chi connectivity index (χ3n) is 4.74. The van der Waals surface area contributed by atoms with Crippen molar-refractivity contribution in [3.63, 3.8) is 0 Å². The molecule has 0 radical (unpaired) electrons. The maximum atomic E-state index is 12.7. The summed E-state index contributed by atoms with van der Waals surface area (Å²) >= 11 is 5.46. The van der Waals surface area contributed by atoms with Gasteiger partial charge in [-0.1, -0.05) is 12.1 Å². The minimum Gasteiger partial charge on any atom is -0.497 e. The Morgan fingerprint density at radius 2 is 2.00 bits per heavy atom. The number of thiocarbonyl (C=S) groups is 1. The molecule has 1 aliphatic carbocycles. The van der Waals surface area contributed by atoms with Crippen LogP contribution in [-0.2, 0) is 4.79 Å². The van der Waals surface area contributed by atoms with E-state index in [9.17, 15) is 4.79 Å². The minimum atomic E-state index is -0.0735. The van der Waals surface area contributed by atoms with Crippen LogP contribution in [0, 0.1) is 5.92 Å². The van der Waals surface area contributed by atoms with Crippen LogP contribution in [0.2, 0.25) is 0 Å².